The fourth-order valence-electron chi connectivity index (χ4n) is 5.22. The van der Waals surface area contributed by atoms with Crippen molar-refractivity contribution in [1.29, 1.82) is 10.5 Å². The molecule has 0 amide bonds. The molecule has 166 valence electrons. The lowest BCUT2D eigenvalue weighted by Gasteiger charge is -2.35. The Morgan fingerprint density at radius 2 is 1.74 bits per heavy atom. The minimum atomic E-state index is -1.49. The zero-order valence-electron chi connectivity index (χ0n) is 18.4. The Hall–Kier alpha value is -4.06. The molecule has 0 saturated carbocycles. The summed E-state index contributed by atoms with van der Waals surface area (Å²) < 4.78 is 5.30. The molecule has 3 aromatic carbocycles. The Bertz CT molecular complexity index is 1360. The second kappa shape index (κ2) is 8.37. The van der Waals surface area contributed by atoms with Gasteiger partial charge in [0, 0.05) is 22.2 Å². The molecule has 3 atom stereocenters. The van der Waals surface area contributed by atoms with Crippen LogP contribution in [0.5, 0.6) is 5.75 Å². The molecular formula is C28H20ClN3O2. The summed E-state index contributed by atoms with van der Waals surface area (Å²) in [5, 5.41) is 21.5. The van der Waals surface area contributed by atoms with Gasteiger partial charge >= 0.3 is 0 Å². The summed E-state index contributed by atoms with van der Waals surface area (Å²) in [7, 11) is 1.58. The Morgan fingerprint density at radius 1 is 1.03 bits per heavy atom. The molecule has 2 aliphatic heterocycles. The van der Waals surface area contributed by atoms with Crippen molar-refractivity contribution < 1.29 is 9.53 Å². The lowest BCUT2D eigenvalue weighted by atomic mass is 9.69. The van der Waals surface area contributed by atoms with Gasteiger partial charge in [0.25, 0.3) is 0 Å². The van der Waals surface area contributed by atoms with Crippen molar-refractivity contribution in [3.63, 3.8) is 0 Å². The summed E-state index contributed by atoms with van der Waals surface area (Å²) in [6.07, 6.45) is 3.73. The van der Waals surface area contributed by atoms with Crippen LogP contribution in [0.2, 0.25) is 5.02 Å². The number of nitriles is 2. The molecule has 0 bridgehead atoms. The summed E-state index contributed by atoms with van der Waals surface area (Å²) in [5.41, 5.74) is 1.39. The molecule has 6 heteroatoms. The van der Waals surface area contributed by atoms with Crippen LogP contribution in [0.25, 0.3) is 6.08 Å². The maximum Gasteiger partial charge on any atom is 0.185 e. The van der Waals surface area contributed by atoms with Crippen molar-refractivity contribution in [2.75, 3.05) is 12.0 Å². The van der Waals surface area contributed by atoms with E-state index in [1.165, 1.54) is 0 Å². The Kier molecular flexibility index (Phi) is 5.36. The monoisotopic (exact) mass is 465 g/mol. The van der Waals surface area contributed by atoms with Gasteiger partial charge in [-0.15, -0.1) is 0 Å². The highest BCUT2D eigenvalue weighted by molar-refractivity contribution is 6.30. The maximum atomic E-state index is 14.1. The van der Waals surface area contributed by atoms with Crippen LogP contribution in [-0.4, -0.2) is 25.0 Å². The van der Waals surface area contributed by atoms with Crippen molar-refractivity contribution in [2.24, 2.45) is 5.41 Å². The van der Waals surface area contributed by atoms with E-state index < -0.39 is 23.4 Å². The molecule has 0 aromatic heterocycles. The summed E-state index contributed by atoms with van der Waals surface area (Å²) in [6, 6.07) is 25.0. The number of rotatable bonds is 4. The summed E-state index contributed by atoms with van der Waals surface area (Å²) in [5.74, 6) is -0.183. The first-order chi connectivity index (χ1) is 16.5. The second-order valence-electron chi connectivity index (χ2n) is 8.43. The lowest BCUT2D eigenvalue weighted by Crippen LogP contribution is -2.44. The third-order valence-corrected chi connectivity index (χ3v) is 7.00. The molecule has 2 aliphatic rings. The number of benzene rings is 3. The van der Waals surface area contributed by atoms with E-state index in [1.807, 2.05) is 59.5 Å². The van der Waals surface area contributed by atoms with Gasteiger partial charge in [0.05, 0.1) is 25.3 Å². The highest BCUT2D eigenvalue weighted by Gasteiger charge is 2.63. The minimum Gasteiger partial charge on any atom is -0.497 e. The number of hydrogen-bond donors (Lipinski definition) is 0. The zero-order chi connectivity index (χ0) is 23.9. The van der Waals surface area contributed by atoms with Crippen LogP contribution in [-0.2, 0) is 0 Å². The fourth-order valence-corrected chi connectivity index (χ4v) is 5.40. The van der Waals surface area contributed by atoms with E-state index in [1.54, 1.807) is 37.4 Å². The van der Waals surface area contributed by atoms with Gasteiger partial charge in [-0.05, 0) is 41.5 Å². The third kappa shape index (κ3) is 3.17. The highest BCUT2D eigenvalue weighted by atomic mass is 35.5. The zero-order valence-corrected chi connectivity index (χ0v) is 19.1. The Morgan fingerprint density at radius 3 is 2.38 bits per heavy atom. The molecule has 0 N–H and O–H groups in total. The van der Waals surface area contributed by atoms with Crippen LogP contribution in [0, 0.1) is 28.1 Å². The molecule has 0 spiro atoms. The normalized spacial score (nSPS) is 21.6. The van der Waals surface area contributed by atoms with Crippen molar-refractivity contribution in [3.05, 3.63) is 101 Å². The molecule has 5 nitrogen and oxygen atoms in total. The standard InChI is InChI=1S/C28H20ClN3O2/c1-34-22-11-7-18(8-12-22)25-26(27(33)19-5-3-2-4-6-19)32-23-13-10-21(29)15-20(23)9-14-24(32)28(25,16-30)17-31/h2-15,24-26H,1H3/t24-,25+,26-/m0/s1. The number of nitrogens with zero attached hydrogens (tertiary/aromatic N) is 3. The van der Waals surface area contributed by atoms with Gasteiger partial charge in [-0.1, -0.05) is 66.2 Å². The predicted molar refractivity (Wildman–Crippen MR) is 131 cm³/mol. The number of anilines is 1. The van der Waals surface area contributed by atoms with Gasteiger partial charge in [-0.25, -0.2) is 0 Å². The average Bonchev–Trinajstić information content (AvgIpc) is 3.19. The fraction of sp³-hybridized carbons (Fsp3) is 0.179. The molecule has 0 unspecified atom stereocenters. The quantitative estimate of drug-likeness (QED) is 0.466. The van der Waals surface area contributed by atoms with Gasteiger partial charge in [-0.2, -0.15) is 10.5 Å². The molecule has 2 heterocycles. The highest BCUT2D eigenvalue weighted by Crippen LogP contribution is 2.55. The largest absolute Gasteiger partial charge is 0.497 e. The summed E-state index contributed by atoms with van der Waals surface area (Å²) >= 11 is 6.24. The van der Waals surface area contributed by atoms with Crippen molar-refractivity contribution in [1.82, 2.24) is 0 Å². The summed E-state index contributed by atoms with van der Waals surface area (Å²) in [6.45, 7) is 0. The van der Waals surface area contributed by atoms with E-state index >= 15 is 0 Å². The molecule has 34 heavy (non-hydrogen) atoms. The Labute approximate surface area is 203 Å². The van der Waals surface area contributed by atoms with E-state index in [0.717, 1.165) is 16.8 Å². The molecule has 1 saturated heterocycles. The number of methoxy groups -OCH3 is 1. The average molecular weight is 466 g/mol. The van der Waals surface area contributed by atoms with Crippen LogP contribution < -0.4 is 9.64 Å². The van der Waals surface area contributed by atoms with Crippen LogP contribution >= 0.6 is 11.6 Å². The number of hydrogen-bond acceptors (Lipinski definition) is 5. The SMILES string of the molecule is COc1ccc([C@@H]2[C@@H](C(=O)c3ccccc3)N3c4ccc(Cl)cc4C=C[C@H]3C2(C#N)C#N)cc1. The number of ether oxygens (including phenoxy) is 1. The van der Waals surface area contributed by atoms with Crippen LogP contribution in [0.3, 0.4) is 0 Å². The van der Waals surface area contributed by atoms with Crippen molar-refractivity contribution in [2.45, 2.75) is 18.0 Å². The van der Waals surface area contributed by atoms with Crippen LogP contribution in [0.4, 0.5) is 5.69 Å². The number of fused-ring (bicyclic) bond motifs is 3. The van der Waals surface area contributed by atoms with Gasteiger partial charge in [-0.3, -0.25) is 4.79 Å². The molecule has 0 aliphatic carbocycles. The van der Waals surface area contributed by atoms with E-state index in [4.69, 9.17) is 16.3 Å². The van der Waals surface area contributed by atoms with Crippen molar-refractivity contribution >= 4 is 29.1 Å². The molecule has 5 rings (SSSR count). The van der Waals surface area contributed by atoms with Crippen LogP contribution in [0.15, 0.2) is 78.9 Å². The lowest BCUT2D eigenvalue weighted by molar-refractivity contribution is 0.0951. The van der Waals surface area contributed by atoms with Crippen molar-refractivity contribution in [3.8, 4) is 17.9 Å². The predicted octanol–water partition coefficient (Wildman–Crippen LogP) is 5.63. The van der Waals surface area contributed by atoms with Gasteiger partial charge < -0.3 is 9.64 Å². The number of carbonyl (C=O) groups excluding carboxylic acids is 1. The van der Waals surface area contributed by atoms with E-state index in [0.29, 0.717) is 16.3 Å². The first-order valence-electron chi connectivity index (χ1n) is 10.9. The maximum absolute atomic E-state index is 14.1. The minimum absolute atomic E-state index is 0.144. The first kappa shape index (κ1) is 21.8. The number of ketones is 1. The van der Waals surface area contributed by atoms with E-state index in [-0.39, 0.29) is 5.78 Å². The number of Topliss-reactive ketones (excluding diaryl/α,β-unsaturated/α-hetero) is 1. The smallest absolute Gasteiger partial charge is 0.185 e. The number of carbonyl (C=O) groups is 1. The summed E-state index contributed by atoms with van der Waals surface area (Å²) in [4.78, 5) is 16.0. The number of halogens is 1. The van der Waals surface area contributed by atoms with Gasteiger partial charge in [0.1, 0.15) is 11.8 Å². The Balaban J connectivity index is 1.77. The van der Waals surface area contributed by atoms with E-state index in [9.17, 15) is 15.3 Å². The van der Waals surface area contributed by atoms with Gasteiger partial charge in [0.15, 0.2) is 11.2 Å². The first-order valence-corrected chi connectivity index (χ1v) is 11.2. The van der Waals surface area contributed by atoms with Gasteiger partial charge in [0.2, 0.25) is 0 Å². The van der Waals surface area contributed by atoms with Crippen LogP contribution in [0.1, 0.15) is 27.4 Å². The topological polar surface area (TPSA) is 77.1 Å². The van der Waals surface area contributed by atoms with E-state index in [2.05, 4.69) is 12.1 Å². The molecule has 3 aromatic rings. The molecule has 0 radical (unpaired) electrons. The second-order valence-corrected chi connectivity index (χ2v) is 8.87. The molecular weight excluding hydrogens is 446 g/mol. The molecule has 1 fully saturated rings. The third-order valence-electron chi connectivity index (χ3n) is 6.77.